The molecule has 2 aromatic rings. The predicted octanol–water partition coefficient (Wildman–Crippen LogP) is 3.21. The molecule has 21 heavy (non-hydrogen) atoms. The fourth-order valence-electron chi connectivity index (χ4n) is 1.87. The molecule has 114 valence electrons. The van der Waals surface area contributed by atoms with Gasteiger partial charge in [0, 0.05) is 37.1 Å². The van der Waals surface area contributed by atoms with Crippen LogP contribution in [0.4, 0.5) is 0 Å². The van der Waals surface area contributed by atoms with Crippen LogP contribution in [0.3, 0.4) is 0 Å². The Hall–Kier alpha value is -0.920. The molecule has 7 heteroatoms. The van der Waals surface area contributed by atoms with Crippen molar-refractivity contribution in [2.75, 3.05) is 14.1 Å². The van der Waals surface area contributed by atoms with Crippen LogP contribution in [0.25, 0.3) is 0 Å². The number of halogens is 1. The molecule has 4 nitrogen and oxygen atoms in total. The summed E-state index contributed by atoms with van der Waals surface area (Å²) in [5.41, 5.74) is 0.898. The largest absolute Gasteiger partial charge is 0.282 e. The van der Waals surface area contributed by atoms with Crippen molar-refractivity contribution in [3.8, 4) is 0 Å². The smallest absolute Gasteiger partial charge is 0.195 e. The van der Waals surface area contributed by atoms with Gasteiger partial charge in [0.2, 0.25) is 0 Å². The maximum atomic E-state index is 12.5. The summed E-state index contributed by atoms with van der Waals surface area (Å²) in [6.45, 7) is 0.694. The predicted molar refractivity (Wildman–Crippen MR) is 87.6 cm³/mol. The first kappa shape index (κ1) is 16.5. The molecule has 0 unspecified atom stereocenters. The van der Waals surface area contributed by atoms with Gasteiger partial charge >= 0.3 is 0 Å². The molecule has 0 saturated carbocycles. The Morgan fingerprint density at radius 2 is 1.67 bits per heavy atom. The van der Waals surface area contributed by atoms with E-state index < -0.39 is 10.2 Å². The number of thiophene rings is 1. The molecule has 1 aromatic heterocycles. The van der Waals surface area contributed by atoms with Gasteiger partial charge in [-0.05, 0) is 29.1 Å². The number of rotatable bonds is 6. The Morgan fingerprint density at radius 1 is 1.05 bits per heavy atom. The van der Waals surface area contributed by atoms with Crippen LogP contribution < -0.4 is 0 Å². The SMILES string of the molecule is CN(Cc1ccc(Cl)cc1)S(=O)(=O)N(C)Cc1cccs1. The van der Waals surface area contributed by atoms with Crippen molar-refractivity contribution >= 4 is 33.1 Å². The minimum atomic E-state index is -3.48. The molecule has 0 amide bonds. The second-order valence-electron chi connectivity index (χ2n) is 4.73. The van der Waals surface area contributed by atoms with Gasteiger partial charge in [-0.1, -0.05) is 29.8 Å². The van der Waals surface area contributed by atoms with E-state index in [0.717, 1.165) is 10.4 Å². The summed E-state index contributed by atoms with van der Waals surface area (Å²) < 4.78 is 27.6. The van der Waals surface area contributed by atoms with E-state index in [1.54, 1.807) is 37.6 Å². The van der Waals surface area contributed by atoms with Crippen LogP contribution in [0, 0.1) is 0 Å². The van der Waals surface area contributed by atoms with E-state index in [2.05, 4.69) is 0 Å². The van der Waals surface area contributed by atoms with E-state index in [-0.39, 0.29) is 0 Å². The molecule has 0 N–H and O–H groups in total. The highest BCUT2D eigenvalue weighted by molar-refractivity contribution is 7.86. The maximum absolute atomic E-state index is 12.5. The summed E-state index contributed by atoms with van der Waals surface area (Å²) in [6.07, 6.45) is 0. The quantitative estimate of drug-likeness (QED) is 0.807. The number of nitrogens with zero attached hydrogens (tertiary/aromatic N) is 2. The molecule has 0 atom stereocenters. The zero-order chi connectivity index (χ0) is 15.5. The lowest BCUT2D eigenvalue weighted by Crippen LogP contribution is -2.38. The summed E-state index contributed by atoms with van der Waals surface area (Å²) in [4.78, 5) is 1.01. The first-order chi connectivity index (χ1) is 9.89. The summed E-state index contributed by atoms with van der Waals surface area (Å²) in [5, 5.41) is 2.58. The van der Waals surface area contributed by atoms with E-state index in [1.807, 2.05) is 29.6 Å². The average Bonchev–Trinajstić information content (AvgIpc) is 2.94. The molecule has 2 rings (SSSR count). The number of hydrogen-bond acceptors (Lipinski definition) is 3. The second-order valence-corrected chi connectivity index (χ2v) is 8.34. The molecule has 1 aromatic carbocycles. The third-order valence-corrected chi connectivity index (χ3v) is 6.01. The number of hydrogen-bond donors (Lipinski definition) is 0. The van der Waals surface area contributed by atoms with Crippen LogP contribution in [0.2, 0.25) is 5.02 Å². The molecule has 0 saturated heterocycles. The minimum Gasteiger partial charge on any atom is -0.195 e. The van der Waals surface area contributed by atoms with Crippen LogP contribution in [-0.4, -0.2) is 31.1 Å². The van der Waals surface area contributed by atoms with Gasteiger partial charge in [0.05, 0.1) is 0 Å². The van der Waals surface area contributed by atoms with Gasteiger partial charge in [-0.25, -0.2) is 0 Å². The molecule has 0 aliphatic heterocycles. The molecule has 0 aliphatic rings. The van der Waals surface area contributed by atoms with Crippen LogP contribution in [0.15, 0.2) is 41.8 Å². The summed E-state index contributed by atoms with van der Waals surface area (Å²) in [7, 11) is -0.314. The van der Waals surface area contributed by atoms with Crippen molar-refractivity contribution in [2.45, 2.75) is 13.1 Å². The Morgan fingerprint density at radius 3 is 2.24 bits per heavy atom. The zero-order valence-corrected chi connectivity index (χ0v) is 14.2. The second kappa shape index (κ2) is 6.89. The van der Waals surface area contributed by atoms with Gasteiger partial charge in [0.1, 0.15) is 0 Å². The zero-order valence-electron chi connectivity index (χ0n) is 11.9. The lowest BCUT2D eigenvalue weighted by Gasteiger charge is -2.24. The van der Waals surface area contributed by atoms with E-state index in [9.17, 15) is 8.42 Å². The molecular formula is C14H17ClN2O2S2. The monoisotopic (exact) mass is 344 g/mol. The Labute approximate surface area is 134 Å². The standard InChI is InChI=1S/C14H17ClN2O2S2/c1-16(10-12-5-7-13(15)8-6-12)21(18,19)17(2)11-14-4-3-9-20-14/h3-9H,10-11H2,1-2H3. The lowest BCUT2D eigenvalue weighted by atomic mass is 10.2. The van der Waals surface area contributed by atoms with E-state index in [0.29, 0.717) is 18.1 Å². The Kier molecular flexibility index (Phi) is 5.40. The van der Waals surface area contributed by atoms with E-state index >= 15 is 0 Å². The fourth-order valence-corrected chi connectivity index (χ4v) is 3.93. The van der Waals surface area contributed by atoms with Crippen molar-refractivity contribution in [1.82, 2.24) is 8.61 Å². The van der Waals surface area contributed by atoms with Crippen LogP contribution >= 0.6 is 22.9 Å². The van der Waals surface area contributed by atoms with Gasteiger partial charge in [0.25, 0.3) is 10.2 Å². The molecule has 0 aliphatic carbocycles. The minimum absolute atomic E-state index is 0.314. The Balaban J connectivity index is 2.05. The van der Waals surface area contributed by atoms with Crippen molar-refractivity contribution in [2.24, 2.45) is 0 Å². The van der Waals surface area contributed by atoms with E-state index in [4.69, 9.17) is 11.6 Å². The highest BCUT2D eigenvalue weighted by Gasteiger charge is 2.24. The Bertz CT molecular complexity index is 670. The molecule has 0 bridgehead atoms. The van der Waals surface area contributed by atoms with Crippen LogP contribution in [0.5, 0.6) is 0 Å². The third-order valence-electron chi connectivity index (χ3n) is 3.06. The highest BCUT2D eigenvalue weighted by Crippen LogP contribution is 2.17. The van der Waals surface area contributed by atoms with Crippen molar-refractivity contribution in [3.05, 3.63) is 57.2 Å². The van der Waals surface area contributed by atoms with Crippen molar-refractivity contribution in [3.63, 3.8) is 0 Å². The van der Waals surface area contributed by atoms with Crippen LogP contribution in [0.1, 0.15) is 10.4 Å². The van der Waals surface area contributed by atoms with Crippen molar-refractivity contribution < 1.29 is 8.42 Å². The van der Waals surface area contributed by atoms with E-state index in [1.165, 1.54) is 8.61 Å². The average molecular weight is 345 g/mol. The summed E-state index contributed by atoms with van der Waals surface area (Å²) in [6, 6.07) is 11.0. The highest BCUT2D eigenvalue weighted by atomic mass is 35.5. The van der Waals surface area contributed by atoms with Crippen molar-refractivity contribution in [1.29, 1.82) is 0 Å². The first-order valence-electron chi connectivity index (χ1n) is 6.34. The van der Waals surface area contributed by atoms with Gasteiger partial charge in [-0.2, -0.15) is 17.0 Å². The van der Waals surface area contributed by atoms with Gasteiger partial charge in [-0.15, -0.1) is 11.3 Å². The van der Waals surface area contributed by atoms with Crippen LogP contribution in [-0.2, 0) is 23.3 Å². The lowest BCUT2D eigenvalue weighted by molar-refractivity contribution is 0.388. The number of benzene rings is 1. The first-order valence-corrected chi connectivity index (χ1v) is 8.99. The maximum Gasteiger partial charge on any atom is 0.282 e. The summed E-state index contributed by atoms with van der Waals surface area (Å²) in [5.74, 6) is 0. The van der Waals surface area contributed by atoms with Gasteiger partial charge < -0.3 is 0 Å². The molecule has 0 spiro atoms. The van der Waals surface area contributed by atoms with Gasteiger partial charge in [0.15, 0.2) is 0 Å². The topological polar surface area (TPSA) is 40.6 Å². The normalized spacial score (nSPS) is 12.2. The fraction of sp³-hybridized carbons (Fsp3) is 0.286. The molecular weight excluding hydrogens is 328 g/mol. The third kappa shape index (κ3) is 4.28. The molecule has 1 heterocycles. The molecule has 0 fully saturated rings. The van der Waals surface area contributed by atoms with Gasteiger partial charge in [-0.3, -0.25) is 0 Å². The molecule has 0 radical (unpaired) electrons. The summed E-state index contributed by atoms with van der Waals surface area (Å²) >= 11 is 7.37.